The van der Waals surface area contributed by atoms with Gasteiger partial charge in [-0.3, -0.25) is 4.79 Å². The minimum absolute atomic E-state index is 0. The summed E-state index contributed by atoms with van der Waals surface area (Å²) in [7, 11) is -3.72. The topological polar surface area (TPSA) is 101 Å². The predicted molar refractivity (Wildman–Crippen MR) is 81.4 cm³/mol. The van der Waals surface area contributed by atoms with E-state index in [1.807, 2.05) is 0 Å². The van der Waals surface area contributed by atoms with E-state index in [2.05, 4.69) is 10.0 Å². The van der Waals surface area contributed by atoms with Crippen LogP contribution in [0.25, 0.3) is 0 Å². The molecule has 4 N–H and O–H groups in total. The van der Waals surface area contributed by atoms with Crippen LogP contribution in [-0.4, -0.2) is 27.4 Å². The van der Waals surface area contributed by atoms with Gasteiger partial charge >= 0.3 is 0 Å². The van der Waals surface area contributed by atoms with E-state index < -0.39 is 21.7 Å². The molecule has 6 nitrogen and oxygen atoms in total. The number of carbonyl (C=O) groups excluding carboxylic acids is 1. The van der Waals surface area contributed by atoms with E-state index in [1.165, 1.54) is 6.92 Å². The standard InChI is InChI=1S/C12H18FN3O3S.ClH/c1-9(17)16-12-8-10(4-5-11(12)13)20(18,19)15-7-3-2-6-14;/h4-5,8,15H,2-3,6-7,14H2,1H3,(H,16,17);1H. The lowest BCUT2D eigenvalue weighted by Crippen LogP contribution is -2.25. The zero-order chi connectivity index (χ0) is 15.2. The smallest absolute Gasteiger partial charge is 0.240 e. The maximum Gasteiger partial charge on any atom is 0.240 e. The predicted octanol–water partition coefficient (Wildman–Crippen LogP) is 1.22. The van der Waals surface area contributed by atoms with Gasteiger partial charge in [0.25, 0.3) is 0 Å². The minimum atomic E-state index is -3.72. The first-order valence-corrected chi connectivity index (χ1v) is 7.62. The van der Waals surface area contributed by atoms with Crippen molar-refractivity contribution in [1.29, 1.82) is 0 Å². The van der Waals surface area contributed by atoms with Gasteiger partial charge in [0.15, 0.2) is 0 Å². The van der Waals surface area contributed by atoms with Crippen LogP contribution < -0.4 is 15.8 Å². The van der Waals surface area contributed by atoms with Crippen molar-refractivity contribution in [2.45, 2.75) is 24.7 Å². The van der Waals surface area contributed by atoms with E-state index in [0.29, 0.717) is 19.4 Å². The molecule has 0 saturated carbocycles. The van der Waals surface area contributed by atoms with E-state index in [1.54, 1.807) is 0 Å². The molecule has 0 aliphatic carbocycles. The average molecular weight is 340 g/mol. The van der Waals surface area contributed by atoms with Gasteiger partial charge in [-0.2, -0.15) is 0 Å². The molecule has 0 saturated heterocycles. The van der Waals surface area contributed by atoms with Crippen LogP contribution in [0.3, 0.4) is 0 Å². The van der Waals surface area contributed by atoms with Crippen LogP contribution in [0.4, 0.5) is 10.1 Å². The molecule has 0 fully saturated rings. The van der Waals surface area contributed by atoms with Crippen LogP contribution in [-0.2, 0) is 14.8 Å². The van der Waals surface area contributed by atoms with Gasteiger partial charge in [-0.1, -0.05) is 0 Å². The van der Waals surface area contributed by atoms with Gasteiger partial charge in [-0.15, -0.1) is 12.4 Å². The first-order chi connectivity index (χ1) is 9.36. The summed E-state index contributed by atoms with van der Waals surface area (Å²) in [4.78, 5) is 10.8. The highest BCUT2D eigenvalue weighted by atomic mass is 35.5. The zero-order valence-corrected chi connectivity index (χ0v) is 13.2. The van der Waals surface area contributed by atoms with Crippen LogP contribution in [0.2, 0.25) is 0 Å². The lowest BCUT2D eigenvalue weighted by molar-refractivity contribution is -0.114. The van der Waals surface area contributed by atoms with Gasteiger partial charge in [-0.05, 0) is 37.6 Å². The van der Waals surface area contributed by atoms with Crippen LogP contribution in [0.5, 0.6) is 0 Å². The summed E-state index contributed by atoms with van der Waals surface area (Å²) >= 11 is 0. The summed E-state index contributed by atoms with van der Waals surface area (Å²) in [5, 5.41) is 2.24. The van der Waals surface area contributed by atoms with E-state index >= 15 is 0 Å². The largest absolute Gasteiger partial charge is 0.330 e. The maximum atomic E-state index is 13.4. The second kappa shape index (κ2) is 8.93. The van der Waals surface area contributed by atoms with Crippen molar-refractivity contribution in [3.05, 3.63) is 24.0 Å². The SMILES string of the molecule is CC(=O)Nc1cc(S(=O)(=O)NCCCCN)ccc1F.Cl. The monoisotopic (exact) mass is 339 g/mol. The molecule has 0 radical (unpaired) electrons. The Hall–Kier alpha value is -1.22. The molecule has 1 rings (SSSR count). The highest BCUT2D eigenvalue weighted by Crippen LogP contribution is 2.19. The third kappa shape index (κ3) is 6.38. The van der Waals surface area contributed by atoms with Gasteiger partial charge in [0.1, 0.15) is 5.82 Å². The number of halogens is 2. The van der Waals surface area contributed by atoms with Crippen molar-refractivity contribution in [2.24, 2.45) is 5.73 Å². The number of benzene rings is 1. The number of unbranched alkanes of at least 4 members (excludes halogenated alkanes) is 1. The summed E-state index contributed by atoms with van der Waals surface area (Å²) in [6, 6.07) is 3.23. The number of nitrogens with two attached hydrogens (primary N) is 1. The second-order valence-electron chi connectivity index (χ2n) is 4.22. The van der Waals surface area contributed by atoms with Gasteiger partial charge < -0.3 is 11.1 Å². The Kier molecular flexibility index (Phi) is 8.41. The van der Waals surface area contributed by atoms with Crippen molar-refractivity contribution >= 4 is 34.0 Å². The highest BCUT2D eigenvalue weighted by Gasteiger charge is 2.16. The lowest BCUT2D eigenvalue weighted by Gasteiger charge is -2.09. The molecule has 0 aromatic heterocycles. The molecule has 0 spiro atoms. The van der Waals surface area contributed by atoms with E-state index in [4.69, 9.17) is 5.73 Å². The molecular formula is C12H19ClFN3O3S. The quantitative estimate of drug-likeness (QED) is 0.650. The molecule has 1 aromatic carbocycles. The minimum Gasteiger partial charge on any atom is -0.330 e. The third-order valence-electron chi connectivity index (χ3n) is 2.48. The molecule has 21 heavy (non-hydrogen) atoms. The molecule has 1 amide bonds. The van der Waals surface area contributed by atoms with Crippen molar-refractivity contribution in [3.8, 4) is 0 Å². The summed E-state index contributed by atoms with van der Waals surface area (Å²) < 4.78 is 39.8. The van der Waals surface area contributed by atoms with E-state index in [9.17, 15) is 17.6 Å². The number of amides is 1. The normalized spacial score (nSPS) is 10.8. The molecule has 0 aliphatic rings. The molecule has 9 heteroatoms. The molecule has 0 bridgehead atoms. The molecule has 0 unspecified atom stereocenters. The molecular weight excluding hydrogens is 321 g/mol. The van der Waals surface area contributed by atoms with Gasteiger partial charge in [0.05, 0.1) is 10.6 Å². The number of carbonyl (C=O) groups is 1. The highest BCUT2D eigenvalue weighted by molar-refractivity contribution is 7.89. The third-order valence-corrected chi connectivity index (χ3v) is 3.94. The summed E-state index contributed by atoms with van der Waals surface area (Å²) in [6.07, 6.45) is 1.33. The number of hydrogen-bond donors (Lipinski definition) is 3. The molecule has 1 aromatic rings. The number of hydrogen-bond acceptors (Lipinski definition) is 4. The number of anilines is 1. The molecule has 0 atom stereocenters. The first-order valence-electron chi connectivity index (χ1n) is 6.13. The summed E-state index contributed by atoms with van der Waals surface area (Å²) in [6.45, 7) is 1.96. The van der Waals surface area contributed by atoms with Crippen molar-refractivity contribution in [2.75, 3.05) is 18.4 Å². The van der Waals surface area contributed by atoms with Gasteiger partial charge in [-0.25, -0.2) is 17.5 Å². The molecule has 0 aliphatic heterocycles. The molecule has 0 heterocycles. The Morgan fingerprint density at radius 2 is 2.00 bits per heavy atom. The van der Waals surface area contributed by atoms with Crippen LogP contribution >= 0.6 is 12.4 Å². The van der Waals surface area contributed by atoms with Crippen molar-refractivity contribution < 1.29 is 17.6 Å². The van der Waals surface area contributed by atoms with E-state index in [-0.39, 0.29) is 29.5 Å². The molecule has 120 valence electrons. The van der Waals surface area contributed by atoms with Gasteiger partial charge in [0.2, 0.25) is 15.9 Å². The summed E-state index contributed by atoms with van der Waals surface area (Å²) in [5.74, 6) is -1.17. The Labute approximate surface area is 129 Å². The number of sulfonamides is 1. The van der Waals surface area contributed by atoms with Crippen LogP contribution in [0.15, 0.2) is 23.1 Å². The zero-order valence-electron chi connectivity index (χ0n) is 11.6. The van der Waals surface area contributed by atoms with Crippen molar-refractivity contribution in [3.63, 3.8) is 0 Å². The Balaban J connectivity index is 0.00000400. The van der Waals surface area contributed by atoms with Crippen LogP contribution in [0, 0.1) is 5.82 Å². The fourth-order valence-corrected chi connectivity index (χ4v) is 2.62. The number of nitrogens with one attached hydrogen (secondary N) is 2. The van der Waals surface area contributed by atoms with Gasteiger partial charge in [0, 0.05) is 13.5 Å². The number of rotatable bonds is 7. The maximum absolute atomic E-state index is 13.4. The van der Waals surface area contributed by atoms with Crippen molar-refractivity contribution in [1.82, 2.24) is 4.72 Å². The van der Waals surface area contributed by atoms with Crippen LogP contribution in [0.1, 0.15) is 19.8 Å². The Bertz CT molecular complexity index is 581. The fraction of sp³-hybridized carbons (Fsp3) is 0.417. The average Bonchev–Trinajstić information content (AvgIpc) is 2.36. The Morgan fingerprint density at radius 1 is 1.33 bits per heavy atom. The van der Waals surface area contributed by atoms with E-state index in [0.717, 1.165) is 18.2 Å². The lowest BCUT2D eigenvalue weighted by atomic mass is 10.3. The first kappa shape index (κ1) is 19.8. The second-order valence-corrected chi connectivity index (χ2v) is 5.98. The Morgan fingerprint density at radius 3 is 2.57 bits per heavy atom. The summed E-state index contributed by atoms with van der Waals surface area (Å²) in [5.41, 5.74) is 5.15. The fourth-order valence-electron chi connectivity index (χ4n) is 1.52.